The van der Waals surface area contributed by atoms with Gasteiger partial charge in [0.2, 0.25) is 5.91 Å². The Hall–Kier alpha value is -2.43. The number of carbonyl (C=O) groups is 1. The fourth-order valence-electron chi connectivity index (χ4n) is 6.81. The van der Waals surface area contributed by atoms with Crippen LogP contribution in [0, 0.1) is 0 Å². The average Bonchev–Trinajstić information content (AvgIpc) is 3.58. The summed E-state index contributed by atoms with van der Waals surface area (Å²) >= 11 is 47.9. The molecule has 0 saturated carbocycles. The van der Waals surface area contributed by atoms with E-state index in [9.17, 15) is 4.79 Å². The summed E-state index contributed by atoms with van der Waals surface area (Å²) < 4.78 is 21.6. The van der Waals surface area contributed by atoms with Gasteiger partial charge in [-0.15, -0.1) is 0 Å². The molecule has 18 heteroatoms. The van der Waals surface area contributed by atoms with Crippen molar-refractivity contribution in [1.82, 2.24) is 14.9 Å². The molecule has 5 aromatic carbocycles. The van der Waals surface area contributed by atoms with Crippen molar-refractivity contribution >= 4 is 146 Å². The number of anilines is 1. The average molecular weight is 1120 g/mol. The lowest BCUT2D eigenvalue weighted by atomic mass is 10.1. The van der Waals surface area contributed by atoms with Crippen molar-refractivity contribution in [3.8, 4) is 0 Å². The number of hydrogen-bond acceptors (Lipinski definition) is 7. The fraction of sp³-hybridized carbons (Fsp3) is 0.214. The molecule has 3 unspecified atom stereocenters. The Labute approximate surface area is 401 Å². The number of carbonyl (C=O) groups excluding carboxylic acids is 1. The third-order valence-corrected chi connectivity index (χ3v) is 13.1. The molecule has 4 heterocycles. The molecule has 2 N–H and O–H groups in total. The number of rotatable bonds is 4. The summed E-state index contributed by atoms with van der Waals surface area (Å²) in [4.78, 5) is 20.5. The zero-order chi connectivity index (χ0) is 42.5. The van der Waals surface area contributed by atoms with Crippen LogP contribution in [0.1, 0.15) is 40.6 Å². The number of imidazole rings is 1. The van der Waals surface area contributed by atoms with Gasteiger partial charge >= 0.3 is 0 Å². The van der Waals surface area contributed by atoms with E-state index in [-0.39, 0.29) is 30.6 Å². The van der Waals surface area contributed by atoms with Gasteiger partial charge in [0.05, 0.1) is 48.6 Å². The van der Waals surface area contributed by atoms with Crippen LogP contribution >= 0.6 is 117 Å². The summed E-state index contributed by atoms with van der Waals surface area (Å²) in [6.07, 6.45) is 0. The third-order valence-electron chi connectivity index (χ3n) is 9.45. The second-order valence-corrected chi connectivity index (χ2v) is 18.6. The normalized spacial score (nSPS) is 18.6. The van der Waals surface area contributed by atoms with E-state index in [1.54, 1.807) is 18.2 Å². The van der Waals surface area contributed by atoms with Crippen LogP contribution in [0.15, 0.2) is 109 Å². The molecule has 3 atom stereocenters. The molecule has 1 amide bonds. The predicted octanol–water partition coefficient (Wildman–Crippen LogP) is 13.5. The van der Waals surface area contributed by atoms with E-state index in [2.05, 4.69) is 74.0 Å². The second kappa shape index (κ2) is 20.8. The number of aromatic nitrogens is 2. The van der Waals surface area contributed by atoms with E-state index in [0.717, 1.165) is 52.9 Å². The number of nitrogens with one attached hydrogen (secondary N) is 2. The van der Waals surface area contributed by atoms with Crippen LogP contribution < -0.4 is 10.6 Å². The first-order chi connectivity index (χ1) is 28.9. The number of morpholine rings is 1. The van der Waals surface area contributed by atoms with Gasteiger partial charge < -0.3 is 29.4 Å². The van der Waals surface area contributed by atoms with Crippen LogP contribution in [-0.2, 0) is 25.6 Å². The summed E-state index contributed by atoms with van der Waals surface area (Å²) in [5.74, 6) is 1.47. The van der Waals surface area contributed by atoms with Gasteiger partial charge in [-0.1, -0.05) is 120 Å². The molecule has 0 bridgehead atoms. The van der Waals surface area contributed by atoms with Crippen molar-refractivity contribution in [1.29, 1.82) is 0 Å². The number of nitrogens with zero attached hydrogens (tertiary/aromatic N) is 3. The van der Waals surface area contributed by atoms with Gasteiger partial charge in [0, 0.05) is 60.2 Å². The van der Waals surface area contributed by atoms with Gasteiger partial charge in [-0.2, -0.15) is 0 Å². The maximum atomic E-state index is 11.1. The van der Waals surface area contributed by atoms with Gasteiger partial charge in [0.25, 0.3) is 0 Å². The molecule has 6 aromatic rings. The summed E-state index contributed by atoms with van der Waals surface area (Å²) in [6, 6.07) is 27.6. The summed E-state index contributed by atoms with van der Waals surface area (Å²) in [6.45, 7) is 2.38. The molecule has 0 spiro atoms. The van der Waals surface area contributed by atoms with Crippen molar-refractivity contribution in [2.75, 3.05) is 38.4 Å². The van der Waals surface area contributed by atoms with Crippen LogP contribution in [0.5, 0.6) is 0 Å². The topological polar surface area (TPSA) is 99.0 Å². The van der Waals surface area contributed by atoms with Crippen LogP contribution in [-0.4, -0.2) is 54.3 Å². The number of fused-ring (bicyclic) bond motifs is 3. The molecule has 1 aromatic heterocycles. The molecule has 1 saturated heterocycles. The van der Waals surface area contributed by atoms with Gasteiger partial charge in [-0.25, -0.2) is 4.98 Å². The fourth-order valence-corrected chi connectivity index (χ4v) is 10.3. The molecule has 0 aliphatic carbocycles. The highest BCUT2D eigenvalue weighted by atomic mass is 79.9. The molecular formula is C42H32Br3Cl6N5O4. The minimum atomic E-state index is -0.257. The number of amides is 1. The highest BCUT2D eigenvalue weighted by molar-refractivity contribution is 9.11. The standard InChI is InChI=1S/C16H12Br2Cl2N2O.C16H11BrCl2N2O.C10H9Cl2NO2/c17-9-4-5-13(10(18)6-9)21-15-8-23-7-14(22-15)16-11(19)2-1-3-12(16)20;17-9-4-5-12-13(6-9)21-14(7-22-8-15(21)20-12)16-10(18)2-1-3-11(16)19;11-6-2-1-3-7(12)10(6)8-4-15-5-9(14)13-8/h1-6,14H,7-8H2,(H,21,22);1-6,14H,7-8H2;1-3,8H,4-5H2,(H,13,14). The number of hydrogen-bond donors (Lipinski definition) is 2. The molecule has 9 nitrogen and oxygen atoms in total. The lowest BCUT2D eigenvalue weighted by molar-refractivity contribution is -0.131. The predicted molar refractivity (Wildman–Crippen MR) is 253 cm³/mol. The number of halogens is 9. The monoisotopic (exact) mass is 1120 g/mol. The Morgan fingerprint density at radius 3 is 1.85 bits per heavy atom. The first-order valence-electron chi connectivity index (χ1n) is 18.2. The quantitative estimate of drug-likeness (QED) is 0.182. The van der Waals surface area contributed by atoms with Crippen LogP contribution in [0.2, 0.25) is 30.1 Å². The highest BCUT2D eigenvalue weighted by Crippen LogP contribution is 2.39. The highest BCUT2D eigenvalue weighted by Gasteiger charge is 2.29. The van der Waals surface area contributed by atoms with E-state index in [1.165, 1.54) is 0 Å². The number of ether oxygens (including phenoxy) is 3. The number of aliphatic imine (C=N–C) groups is 1. The summed E-state index contributed by atoms with van der Waals surface area (Å²) in [5.41, 5.74) is 5.30. The Morgan fingerprint density at radius 2 is 1.22 bits per heavy atom. The molecule has 312 valence electrons. The summed E-state index contributed by atoms with van der Waals surface area (Å²) in [5, 5.41) is 9.63. The van der Waals surface area contributed by atoms with Gasteiger partial charge in [0.15, 0.2) is 0 Å². The van der Waals surface area contributed by atoms with Gasteiger partial charge in [-0.05, 0) is 88.7 Å². The maximum absolute atomic E-state index is 11.1. The van der Waals surface area contributed by atoms with Crippen molar-refractivity contribution in [3.05, 3.63) is 157 Å². The minimum Gasteiger partial charge on any atom is -0.371 e. The summed E-state index contributed by atoms with van der Waals surface area (Å²) in [7, 11) is 0. The van der Waals surface area contributed by atoms with E-state index >= 15 is 0 Å². The van der Waals surface area contributed by atoms with Crippen LogP contribution in [0.4, 0.5) is 5.69 Å². The Bertz CT molecular complexity index is 2520. The zero-order valence-corrected chi connectivity index (χ0v) is 40.3. The van der Waals surface area contributed by atoms with E-state index in [1.807, 2.05) is 66.7 Å². The minimum absolute atomic E-state index is 0.0794. The molecule has 3 aliphatic rings. The SMILES string of the molecule is Clc1cccc(Cl)c1C1COCC(Nc2ccc(Br)cc2Br)=N1.Clc1cccc(Cl)c1C1COCc2nc3ccc(Br)cc3n21.O=C1COCC(c2c(Cl)cccc2Cl)N1. The molecule has 0 radical (unpaired) electrons. The van der Waals surface area contributed by atoms with Crippen molar-refractivity contribution in [2.45, 2.75) is 24.7 Å². The van der Waals surface area contributed by atoms with Crippen LogP contribution in [0.3, 0.4) is 0 Å². The van der Waals surface area contributed by atoms with E-state index < -0.39 is 0 Å². The smallest absolute Gasteiger partial charge is 0.246 e. The lowest BCUT2D eigenvalue weighted by Gasteiger charge is -2.28. The van der Waals surface area contributed by atoms with Crippen LogP contribution in [0.25, 0.3) is 11.0 Å². The first-order valence-corrected chi connectivity index (χ1v) is 22.8. The lowest BCUT2D eigenvalue weighted by Crippen LogP contribution is -2.39. The van der Waals surface area contributed by atoms with Gasteiger partial charge in [0.1, 0.15) is 37.5 Å². The maximum Gasteiger partial charge on any atom is 0.246 e. The van der Waals surface area contributed by atoms with Crippen molar-refractivity contribution < 1.29 is 19.0 Å². The third kappa shape index (κ3) is 10.8. The van der Waals surface area contributed by atoms with Gasteiger partial charge in [-0.3, -0.25) is 9.79 Å². The van der Waals surface area contributed by atoms with E-state index in [0.29, 0.717) is 68.7 Å². The number of amidine groups is 1. The Balaban J connectivity index is 0.000000139. The Kier molecular flexibility index (Phi) is 15.8. The first kappa shape index (κ1) is 45.6. The molecule has 3 aliphatic heterocycles. The molecule has 1 fully saturated rings. The van der Waals surface area contributed by atoms with E-state index in [4.69, 9.17) is 88.8 Å². The molecule has 60 heavy (non-hydrogen) atoms. The zero-order valence-electron chi connectivity index (χ0n) is 31.0. The molecule has 9 rings (SSSR count). The second-order valence-electron chi connectivity index (χ2n) is 13.5. The van der Waals surface area contributed by atoms with Crippen molar-refractivity contribution in [2.24, 2.45) is 4.99 Å². The number of benzene rings is 5. The van der Waals surface area contributed by atoms with Crippen molar-refractivity contribution in [3.63, 3.8) is 0 Å². The Morgan fingerprint density at radius 1 is 0.650 bits per heavy atom. The largest absolute Gasteiger partial charge is 0.371 e. The molecular weight excluding hydrogens is 1090 g/mol.